The van der Waals surface area contributed by atoms with Crippen molar-refractivity contribution in [2.24, 2.45) is 0 Å². The van der Waals surface area contributed by atoms with Gasteiger partial charge in [0, 0.05) is 24.4 Å². The zero-order valence-corrected chi connectivity index (χ0v) is 18.4. The van der Waals surface area contributed by atoms with E-state index < -0.39 is 6.17 Å². The van der Waals surface area contributed by atoms with Crippen LogP contribution in [0.2, 0.25) is 0 Å². The van der Waals surface area contributed by atoms with Gasteiger partial charge in [0.25, 0.3) is 0 Å². The van der Waals surface area contributed by atoms with Gasteiger partial charge < -0.3 is 0 Å². The predicted molar refractivity (Wildman–Crippen MR) is 122 cm³/mol. The Kier molecular flexibility index (Phi) is 11.6. The number of halogens is 1. The van der Waals surface area contributed by atoms with Crippen LogP contribution in [0.25, 0.3) is 11.1 Å². The van der Waals surface area contributed by atoms with Crippen molar-refractivity contribution in [2.45, 2.75) is 97.1 Å². The van der Waals surface area contributed by atoms with Gasteiger partial charge in [-0.05, 0) is 43.2 Å². The van der Waals surface area contributed by atoms with Gasteiger partial charge in [-0.1, -0.05) is 83.1 Å². The zero-order chi connectivity index (χ0) is 20.7. The van der Waals surface area contributed by atoms with Gasteiger partial charge in [-0.15, -0.1) is 0 Å². The zero-order valence-electron chi connectivity index (χ0n) is 18.4. The Hall–Kier alpha value is -1.77. The summed E-state index contributed by atoms with van der Waals surface area (Å²) in [6, 6.07) is 8.75. The molecule has 1 aromatic heterocycles. The molecule has 0 fully saturated rings. The van der Waals surface area contributed by atoms with E-state index in [1.165, 1.54) is 44.1 Å². The van der Waals surface area contributed by atoms with Crippen molar-refractivity contribution in [1.29, 1.82) is 0 Å². The van der Waals surface area contributed by atoms with Gasteiger partial charge in [0.05, 0.1) is 0 Å². The molecule has 1 aromatic carbocycles. The van der Waals surface area contributed by atoms with Gasteiger partial charge in [0.15, 0.2) is 0 Å². The first-order chi connectivity index (χ1) is 14.2. The van der Waals surface area contributed by atoms with E-state index in [1.54, 1.807) is 6.42 Å². The van der Waals surface area contributed by atoms with Crippen molar-refractivity contribution in [3.8, 4) is 11.1 Å². The van der Waals surface area contributed by atoms with Crippen molar-refractivity contribution in [3.63, 3.8) is 0 Å². The highest BCUT2D eigenvalue weighted by Crippen LogP contribution is 2.20. The molecule has 1 atom stereocenters. The van der Waals surface area contributed by atoms with E-state index in [1.807, 2.05) is 12.4 Å². The van der Waals surface area contributed by atoms with Gasteiger partial charge in [-0.2, -0.15) is 0 Å². The molecule has 0 N–H and O–H groups in total. The normalized spacial score (nSPS) is 12.2. The van der Waals surface area contributed by atoms with Crippen LogP contribution in [0.3, 0.4) is 0 Å². The molecule has 1 unspecified atom stereocenters. The van der Waals surface area contributed by atoms with Crippen molar-refractivity contribution in [3.05, 3.63) is 54.5 Å². The van der Waals surface area contributed by atoms with Crippen LogP contribution in [0.15, 0.2) is 36.7 Å². The lowest BCUT2D eigenvalue weighted by atomic mass is 10.0. The lowest BCUT2D eigenvalue weighted by molar-refractivity contribution is 0.344. The number of unbranched alkanes of at least 4 members (excludes halogenated alkanes) is 7. The van der Waals surface area contributed by atoms with E-state index in [-0.39, 0.29) is 0 Å². The Bertz CT molecular complexity index is 651. The summed E-state index contributed by atoms with van der Waals surface area (Å²) in [6.07, 6.45) is 17.9. The minimum absolute atomic E-state index is 0.468. The molecule has 0 spiro atoms. The van der Waals surface area contributed by atoms with E-state index in [0.29, 0.717) is 12.8 Å². The fraction of sp³-hybridized carbons (Fsp3) is 0.577. The number of nitrogens with zero attached hydrogens (tertiary/aromatic N) is 2. The van der Waals surface area contributed by atoms with E-state index in [0.717, 1.165) is 42.6 Å². The third kappa shape index (κ3) is 9.51. The largest absolute Gasteiger partial charge is 0.247 e. The van der Waals surface area contributed by atoms with Crippen LogP contribution < -0.4 is 0 Å². The highest BCUT2D eigenvalue weighted by molar-refractivity contribution is 5.61. The number of benzene rings is 1. The second-order valence-electron chi connectivity index (χ2n) is 8.04. The molecule has 2 rings (SSSR count). The molecule has 29 heavy (non-hydrogen) atoms. The molecule has 0 bridgehead atoms. The van der Waals surface area contributed by atoms with Crippen LogP contribution in [0.1, 0.15) is 89.4 Å². The quantitative estimate of drug-likeness (QED) is 0.288. The number of aromatic nitrogens is 2. The molecule has 0 amide bonds. The van der Waals surface area contributed by atoms with E-state index in [4.69, 9.17) is 0 Å². The van der Waals surface area contributed by atoms with Crippen LogP contribution in [-0.4, -0.2) is 16.1 Å². The molecular weight excluding hydrogens is 359 g/mol. The third-order valence-corrected chi connectivity index (χ3v) is 5.44. The molecule has 0 saturated heterocycles. The summed E-state index contributed by atoms with van der Waals surface area (Å²) >= 11 is 0. The Morgan fingerprint density at radius 2 is 1.45 bits per heavy atom. The average molecular weight is 398 g/mol. The summed E-state index contributed by atoms with van der Waals surface area (Å²) in [5.74, 6) is 0.722. The Labute approximate surface area is 177 Å². The van der Waals surface area contributed by atoms with Crippen molar-refractivity contribution in [1.82, 2.24) is 9.97 Å². The summed E-state index contributed by atoms with van der Waals surface area (Å²) < 4.78 is 13.8. The fourth-order valence-electron chi connectivity index (χ4n) is 3.49. The van der Waals surface area contributed by atoms with Crippen LogP contribution >= 0.6 is 0 Å². The minimum Gasteiger partial charge on any atom is -0.247 e. The van der Waals surface area contributed by atoms with E-state index in [2.05, 4.69) is 48.1 Å². The maximum absolute atomic E-state index is 13.8. The first-order valence-corrected chi connectivity index (χ1v) is 11.6. The molecule has 0 aliphatic rings. The van der Waals surface area contributed by atoms with E-state index in [9.17, 15) is 4.39 Å². The number of rotatable bonds is 15. The summed E-state index contributed by atoms with van der Waals surface area (Å²) in [7, 11) is 0. The fourth-order valence-corrected chi connectivity index (χ4v) is 3.49. The van der Waals surface area contributed by atoms with Gasteiger partial charge in [-0.25, -0.2) is 14.4 Å². The Morgan fingerprint density at radius 3 is 2.14 bits per heavy atom. The van der Waals surface area contributed by atoms with Crippen LogP contribution in [0.5, 0.6) is 0 Å². The highest BCUT2D eigenvalue weighted by atomic mass is 19.1. The topological polar surface area (TPSA) is 25.8 Å². The molecule has 2 nitrogen and oxygen atoms in total. The van der Waals surface area contributed by atoms with Gasteiger partial charge in [0.1, 0.15) is 12.0 Å². The molecular formula is C26H38FN2. The number of alkyl halides is 1. The molecule has 1 radical (unpaired) electrons. The van der Waals surface area contributed by atoms with Gasteiger partial charge >= 0.3 is 0 Å². The second-order valence-corrected chi connectivity index (χ2v) is 8.04. The van der Waals surface area contributed by atoms with Crippen molar-refractivity contribution >= 4 is 0 Å². The molecule has 0 aliphatic heterocycles. The summed E-state index contributed by atoms with van der Waals surface area (Å²) in [4.78, 5) is 8.88. The predicted octanol–water partition coefficient (Wildman–Crippen LogP) is 7.71. The summed E-state index contributed by atoms with van der Waals surface area (Å²) in [5.41, 5.74) is 3.56. The third-order valence-electron chi connectivity index (χ3n) is 5.44. The maximum atomic E-state index is 13.8. The standard InChI is InChI=1S/C26H38FN2/c1-3-5-7-8-9-11-12-22-14-16-23(17-15-22)24-20-28-26(29-21-24)19-18-25(27)13-10-6-4-2/h13-17,20-21,25H,3-12,18-19H2,1-2H3. The molecule has 0 aliphatic carbocycles. The Morgan fingerprint density at radius 1 is 0.793 bits per heavy atom. The molecule has 2 aromatic rings. The monoisotopic (exact) mass is 397 g/mol. The summed E-state index contributed by atoms with van der Waals surface area (Å²) in [6.45, 7) is 4.38. The van der Waals surface area contributed by atoms with Gasteiger partial charge in [0.2, 0.25) is 0 Å². The van der Waals surface area contributed by atoms with E-state index >= 15 is 0 Å². The van der Waals surface area contributed by atoms with Gasteiger partial charge in [-0.3, -0.25) is 0 Å². The first kappa shape index (κ1) is 23.5. The average Bonchev–Trinajstić information content (AvgIpc) is 2.76. The van der Waals surface area contributed by atoms with Crippen molar-refractivity contribution in [2.75, 3.05) is 0 Å². The first-order valence-electron chi connectivity index (χ1n) is 11.6. The maximum Gasteiger partial charge on any atom is 0.128 e. The smallest absolute Gasteiger partial charge is 0.128 e. The SMILES string of the molecule is CCCC[CH]C(F)CCc1ncc(-c2ccc(CCCCCCCC)cc2)cn1. The molecule has 159 valence electrons. The highest BCUT2D eigenvalue weighted by Gasteiger charge is 2.08. The molecule has 1 heterocycles. The number of aryl methyl sites for hydroxylation is 2. The Balaban J connectivity index is 1.74. The number of hydrogen-bond acceptors (Lipinski definition) is 2. The lowest BCUT2D eigenvalue weighted by Crippen LogP contribution is -2.05. The molecule has 0 saturated carbocycles. The lowest BCUT2D eigenvalue weighted by Gasteiger charge is -2.08. The van der Waals surface area contributed by atoms with Crippen LogP contribution in [0, 0.1) is 6.42 Å². The second kappa shape index (κ2) is 14.3. The van der Waals surface area contributed by atoms with Crippen LogP contribution in [0.4, 0.5) is 4.39 Å². The number of hydrogen-bond donors (Lipinski definition) is 0. The molecule has 3 heteroatoms. The summed E-state index contributed by atoms with van der Waals surface area (Å²) in [5, 5.41) is 0. The minimum atomic E-state index is -0.857. The van der Waals surface area contributed by atoms with Crippen LogP contribution in [-0.2, 0) is 12.8 Å². The van der Waals surface area contributed by atoms with Crippen molar-refractivity contribution < 1.29 is 4.39 Å².